The van der Waals surface area contributed by atoms with Gasteiger partial charge < -0.3 is 10.2 Å². The van der Waals surface area contributed by atoms with E-state index in [0.717, 1.165) is 0 Å². The molecule has 0 spiro atoms. The number of hydrogen-bond donors (Lipinski definition) is 4. The Bertz CT molecular complexity index is 287. The van der Waals surface area contributed by atoms with Gasteiger partial charge in [0.25, 0.3) is 10.2 Å². The van der Waals surface area contributed by atoms with Crippen molar-refractivity contribution in [2.24, 2.45) is 0 Å². The molecule has 0 aromatic carbocycles. The third kappa shape index (κ3) is 4.51. The molecule has 0 bridgehead atoms. The summed E-state index contributed by atoms with van der Waals surface area (Å²) in [6.07, 6.45) is -1.30. The SMILES string of the molecule is CCNS(=O)(=O)NC(C(=O)O)C(C)O. The van der Waals surface area contributed by atoms with Crippen molar-refractivity contribution in [3.8, 4) is 0 Å². The van der Waals surface area contributed by atoms with Crippen molar-refractivity contribution in [1.29, 1.82) is 0 Å². The fraction of sp³-hybridized carbons (Fsp3) is 0.833. The van der Waals surface area contributed by atoms with Gasteiger partial charge in [-0.15, -0.1) is 0 Å². The number of carbonyl (C=O) groups is 1. The van der Waals surface area contributed by atoms with E-state index in [1.807, 2.05) is 4.72 Å². The van der Waals surface area contributed by atoms with Crippen molar-refractivity contribution in [2.75, 3.05) is 6.54 Å². The van der Waals surface area contributed by atoms with E-state index in [-0.39, 0.29) is 6.54 Å². The Morgan fingerprint density at radius 2 is 2.00 bits per heavy atom. The zero-order chi connectivity index (χ0) is 11.4. The lowest BCUT2D eigenvalue weighted by molar-refractivity contribution is -0.141. The molecule has 0 aliphatic carbocycles. The first-order chi connectivity index (χ1) is 6.30. The van der Waals surface area contributed by atoms with E-state index in [9.17, 15) is 13.2 Å². The molecule has 84 valence electrons. The van der Waals surface area contributed by atoms with Gasteiger partial charge >= 0.3 is 5.97 Å². The van der Waals surface area contributed by atoms with E-state index in [1.165, 1.54) is 6.92 Å². The summed E-state index contributed by atoms with van der Waals surface area (Å²) in [5.74, 6) is -1.43. The monoisotopic (exact) mass is 226 g/mol. The quantitative estimate of drug-likeness (QED) is 0.429. The standard InChI is InChI=1S/C6H14N2O5S/c1-3-7-14(12,13)8-5(4(2)9)6(10)11/h4-5,7-9H,3H2,1-2H3,(H,10,11). The predicted octanol–water partition coefficient (Wildman–Crippen LogP) is -1.74. The number of aliphatic hydroxyl groups is 1. The van der Waals surface area contributed by atoms with Crippen LogP contribution in [-0.4, -0.2) is 43.3 Å². The number of carboxylic acid groups (broad SMARTS) is 1. The highest BCUT2D eigenvalue weighted by Gasteiger charge is 2.27. The van der Waals surface area contributed by atoms with Crippen LogP contribution in [0.2, 0.25) is 0 Å². The molecule has 0 saturated heterocycles. The molecule has 7 nitrogen and oxygen atoms in total. The third-order valence-electron chi connectivity index (χ3n) is 1.36. The van der Waals surface area contributed by atoms with Crippen LogP contribution in [0.5, 0.6) is 0 Å². The molecule has 0 fully saturated rings. The molecule has 4 N–H and O–H groups in total. The molecule has 0 saturated carbocycles. The van der Waals surface area contributed by atoms with Gasteiger partial charge in [-0.2, -0.15) is 13.1 Å². The minimum Gasteiger partial charge on any atom is -0.480 e. The minimum absolute atomic E-state index is 0.140. The van der Waals surface area contributed by atoms with Gasteiger partial charge in [-0.25, -0.2) is 4.72 Å². The molecule has 0 aliphatic rings. The number of aliphatic carboxylic acids is 1. The molecule has 0 aromatic heterocycles. The molecular formula is C6H14N2O5S. The molecule has 0 radical (unpaired) electrons. The first-order valence-corrected chi connectivity index (χ1v) is 5.46. The average molecular weight is 226 g/mol. The fourth-order valence-electron chi connectivity index (χ4n) is 0.754. The maximum absolute atomic E-state index is 11.1. The Kier molecular flexibility index (Phi) is 4.99. The molecule has 2 atom stereocenters. The molecule has 8 heteroatoms. The molecule has 0 heterocycles. The summed E-state index contributed by atoms with van der Waals surface area (Å²) in [4.78, 5) is 10.5. The predicted molar refractivity (Wildman–Crippen MR) is 48.8 cm³/mol. The number of rotatable bonds is 6. The summed E-state index contributed by atoms with van der Waals surface area (Å²) >= 11 is 0. The fourth-order valence-corrected chi connectivity index (χ4v) is 1.85. The van der Waals surface area contributed by atoms with Crippen molar-refractivity contribution in [2.45, 2.75) is 26.0 Å². The summed E-state index contributed by atoms with van der Waals surface area (Å²) in [5.41, 5.74) is 0. The number of aliphatic hydroxyl groups excluding tert-OH is 1. The summed E-state index contributed by atoms with van der Waals surface area (Å²) in [6.45, 7) is 2.88. The van der Waals surface area contributed by atoms with Gasteiger partial charge in [0.05, 0.1) is 6.10 Å². The van der Waals surface area contributed by atoms with Crippen LogP contribution < -0.4 is 9.44 Å². The van der Waals surface area contributed by atoms with Crippen LogP contribution in [0.15, 0.2) is 0 Å². The average Bonchev–Trinajstić information content (AvgIpc) is 1.99. The second kappa shape index (κ2) is 5.25. The van der Waals surface area contributed by atoms with E-state index >= 15 is 0 Å². The van der Waals surface area contributed by atoms with Crippen LogP contribution in [0.1, 0.15) is 13.8 Å². The number of hydrogen-bond acceptors (Lipinski definition) is 4. The molecule has 0 amide bonds. The van der Waals surface area contributed by atoms with Crippen molar-refractivity contribution >= 4 is 16.2 Å². The second-order valence-corrected chi connectivity index (χ2v) is 4.21. The van der Waals surface area contributed by atoms with Crippen molar-refractivity contribution in [1.82, 2.24) is 9.44 Å². The summed E-state index contributed by atoms with van der Waals surface area (Å²) < 4.78 is 26.0. The first-order valence-electron chi connectivity index (χ1n) is 3.98. The molecular weight excluding hydrogens is 212 g/mol. The van der Waals surface area contributed by atoms with Gasteiger partial charge in [-0.05, 0) is 6.92 Å². The molecule has 0 aromatic rings. The van der Waals surface area contributed by atoms with Crippen LogP contribution >= 0.6 is 0 Å². The molecule has 2 unspecified atom stereocenters. The number of carboxylic acids is 1. The van der Waals surface area contributed by atoms with E-state index in [2.05, 4.69) is 0 Å². The zero-order valence-corrected chi connectivity index (χ0v) is 8.71. The van der Waals surface area contributed by atoms with Gasteiger partial charge in [-0.1, -0.05) is 6.92 Å². The Morgan fingerprint density at radius 3 is 2.29 bits per heavy atom. The minimum atomic E-state index is -3.86. The second-order valence-electron chi connectivity index (χ2n) is 2.68. The van der Waals surface area contributed by atoms with Crippen molar-refractivity contribution in [3.63, 3.8) is 0 Å². The highest BCUT2D eigenvalue weighted by molar-refractivity contribution is 7.87. The lowest BCUT2D eigenvalue weighted by Gasteiger charge is -2.16. The Labute approximate surface area is 82.3 Å². The number of nitrogens with one attached hydrogen (secondary N) is 2. The van der Waals surface area contributed by atoms with Crippen LogP contribution in [0.25, 0.3) is 0 Å². The summed E-state index contributed by atoms with van der Waals surface area (Å²) in [7, 11) is -3.86. The summed E-state index contributed by atoms with van der Waals surface area (Å²) in [5, 5.41) is 17.5. The zero-order valence-electron chi connectivity index (χ0n) is 7.89. The third-order valence-corrected chi connectivity index (χ3v) is 2.60. The van der Waals surface area contributed by atoms with E-state index < -0.39 is 28.3 Å². The maximum atomic E-state index is 11.1. The van der Waals surface area contributed by atoms with E-state index in [4.69, 9.17) is 10.2 Å². The van der Waals surface area contributed by atoms with Crippen LogP contribution in [0.3, 0.4) is 0 Å². The molecule has 14 heavy (non-hydrogen) atoms. The Hall–Kier alpha value is -0.700. The first kappa shape index (κ1) is 13.3. The lowest BCUT2D eigenvalue weighted by atomic mass is 10.2. The summed E-state index contributed by atoms with van der Waals surface area (Å²) in [6, 6.07) is -1.54. The van der Waals surface area contributed by atoms with Crippen LogP contribution in [0, 0.1) is 0 Å². The van der Waals surface area contributed by atoms with Crippen molar-refractivity contribution < 1.29 is 23.4 Å². The lowest BCUT2D eigenvalue weighted by Crippen LogP contribution is -2.51. The smallest absolute Gasteiger partial charge is 0.324 e. The van der Waals surface area contributed by atoms with Crippen molar-refractivity contribution in [3.05, 3.63) is 0 Å². The van der Waals surface area contributed by atoms with Crippen LogP contribution in [0.4, 0.5) is 0 Å². The largest absolute Gasteiger partial charge is 0.480 e. The highest BCUT2D eigenvalue weighted by Crippen LogP contribution is 1.94. The highest BCUT2D eigenvalue weighted by atomic mass is 32.2. The Balaban J connectivity index is 4.53. The molecule has 0 rings (SSSR count). The maximum Gasteiger partial charge on any atom is 0.324 e. The van der Waals surface area contributed by atoms with Gasteiger partial charge in [0.15, 0.2) is 0 Å². The molecule has 0 aliphatic heterocycles. The Morgan fingerprint density at radius 1 is 1.50 bits per heavy atom. The van der Waals surface area contributed by atoms with Gasteiger partial charge in [0.1, 0.15) is 6.04 Å². The van der Waals surface area contributed by atoms with Gasteiger partial charge in [0.2, 0.25) is 0 Å². The van der Waals surface area contributed by atoms with E-state index in [1.54, 1.807) is 11.6 Å². The topological polar surface area (TPSA) is 116 Å². The van der Waals surface area contributed by atoms with Gasteiger partial charge in [0, 0.05) is 6.54 Å². The van der Waals surface area contributed by atoms with Gasteiger partial charge in [-0.3, -0.25) is 4.79 Å². The van der Waals surface area contributed by atoms with Crippen LogP contribution in [-0.2, 0) is 15.0 Å². The normalized spacial score (nSPS) is 16.2. The van der Waals surface area contributed by atoms with E-state index in [0.29, 0.717) is 0 Å².